The molecule has 0 saturated carbocycles. The van der Waals surface area contributed by atoms with Crippen molar-refractivity contribution >= 4 is 27.7 Å². The zero-order valence-electron chi connectivity index (χ0n) is 11.3. The van der Waals surface area contributed by atoms with E-state index in [0.717, 1.165) is 10.0 Å². The number of benzene rings is 2. The predicted octanol–water partition coefficient (Wildman–Crippen LogP) is 3.93. The summed E-state index contributed by atoms with van der Waals surface area (Å²) in [5, 5.41) is 9.21. The molecule has 5 heteroatoms. The molecule has 0 saturated heterocycles. The Morgan fingerprint density at radius 3 is 2.43 bits per heavy atom. The Kier molecular flexibility index (Phi) is 4.75. The van der Waals surface area contributed by atoms with E-state index in [1.807, 2.05) is 24.3 Å². The number of aromatic carboxylic acids is 1. The number of ether oxygens (including phenoxy) is 1. The van der Waals surface area contributed by atoms with Crippen LogP contribution < -0.4 is 4.74 Å². The maximum absolute atomic E-state index is 11.6. The summed E-state index contributed by atoms with van der Waals surface area (Å²) in [6, 6.07) is 12.0. The van der Waals surface area contributed by atoms with Gasteiger partial charge in [-0.1, -0.05) is 34.1 Å². The fourth-order valence-corrected chi connectivity index (χ4v) is 2.37. The molecule has 21 heavy (non-hydrogen) atoms. The van der Waals surface area contributed by atoms with E-state index in [0.29, 0.717) is 0 Å². The Labute approximate surface area is 130 Å². The van der Waals surface area contributed by atoms with E-state index in [9.17, 15) is 14.7 Å². The van der Waals surface area contributed by atoms with Gasteiger partial charge >= 0.3 is 5.97 Å². The minimum absolute atomic E-state index is 0.0160. The van der Waals surface area contributed by atoms with Crippen LogP contribution >= 0.6 is 15.9 Å². The maximum atomic E-state index is 11.6. The topological polar surface area (TPSA) is 63.6 Å². The molecule has 2 rings (SSSR count). The van der Waals surface area contributed by atoms with Crippen molar-refractivity contribution in [2.24, 2.45) is 0 Å². The van der Waals surface area contributed by atoms with Crippen molar-refractivity contribution in [3.05, 3.63) is 63.6 Å². The van der Waals surface area contributed by atoms with Crippen LogP contribution in [0.25, 0.3) is 0 Å². The molecule has 0 aliphatic heterocycles. The van der Waals surface area contributed by atoms with Crippen molar-refractivity contribution in [3.63, 3.8) is 0 Å². The number of ketones is 1. The number of rotatable bonds is 5. The van der Waals surface area contributed by atoms with Crippen molar-refractivity contribution in [1.29, 1.82) is 0 Å². The number of hydrogen-bond acceptors (Lipinski definition) is 3. The van der Waals surface area contributed by atoms with Crippen molar-refractivity contribution in [1.82, 2.24) is 0 Å². The first-order chi connectivity index (χ1) is 9.99. The van der Waals surface area contributed by atoms with Crippen molar-refractivity contribution in [2.45, 2.75) is 13.5 Å². The number of carbonyl (C=O) groups is 2. The molecule has 0 amide bonds. The molecule has 0 fully saturated rings. The number of carboxylic acids is 1. The lowest BCUT2D eigenvalue weighted by atomic mass is 10.1. The summed E-state index contributed by atoms with van der Waals surface area (Å²) in [5.74, 6) is -1.25. The average molecular weight is 349 g/mol. The van der Waals surface area contributed by atoms with Crippen LogP contribution in [-0.4, -0.2) is 16.9 Å². The molecule has 2 aromatic rings. The lowest BCUT2D eigenvalue weighted by Gasteiger charge is -2.12. The minimum Gasteiger partial charge on any atom is -0.487 e. The van der Waals surface area contributed by atoms with Gasteiger partial charge in [-0.05, 0) is 36.8 Å². The van der Waals surface area contributed by atoms with Crippen LogP contribution in [0.4, 0.5) is 0 Å². The lowest BCUT2D eigenvalue weighted by Crippen LogP contribution is -2.08. The molecule has 0 bridgehead atoms. The summed E-state index contributed by atoms with van der Waals surface area (Å²) < 4.78 is 6.51. The highest BCUT2D eigenvalue weighted by Crippen LogP contribution is 2.26. The molecule has 0 aromatic heterocycles. The quantitative estimate of drug-likeness (QED) is 0.831. The number of para-hydroxylation sites is 1. The minimum atomic E-state index is -1.12. The van der Waals surface area contributed by atoms with Crippen molar-refractivity contribution < 1.29 is 19.4 Å². The molecule has 0 radical (unpaired) electrons. The largest absolute Gasteiger partial charge is 0.487 e. The third-order valence-corrected chi connectivity index (χ3v) is 3.39. The van der Waals surface area contributed by atoms with E-state index in [2.05, 4.69) is 15.9 Å². The fraction of sp³-hybridized carbons (Fsp3) is 0.125. The molecule has 0 atom stereocenters. The Bertz CT molecular complexity index is 662. The molecule has 0 spiro atoms. The van der Waals surface area contributed by atoms with Crippen LogP contribution in [0.15, 0.2) is 46.9 Å². The van der Waals surface area contributed by atoms with Gasteiger partial charge in [0.2, 0.25) is 0 Å². The third-order valence-electron chi connectivity index (χ3n) is 2.90. The number of halogens is 1. The van der Waals surface area contributed by atoms with Gasteiger partial charge in [0.05, 0.1) is 5.56 Å². The number of Topliss-reactive ketones (excluding diaryl/α,β-unsaturated/α-hetero) is 1. The zero-order valence-corrected chi connectivity index (χ0v) is 12.9. The Hall–Kier alpha value is -2.14. The van der Waals surface area contributed by atoms with Gasteiger partial charge in [0.1, 0.15) is 17.9 Å². The molecular formula is C16H13BrO4. The molecule has 0 aliphatic rings. The Balaban J connectivity index is 2.33. The second-order valence-corrected chi connectivity index (χ2v) is 5.38. The van der Waals surface area contributed by atoms with Crippen LogP contribution in [0.1, 0.15) is 33.2 Å². The summed E-state index contributed by atoms with van der Waals surface area (Å²) in [5.41, 5.74) is 1.13. The van der Waals surface area contributed by atoms with Crippen molar-refractivity contribution in [2.75, 3.05) is 0 Å². The SMILES string of the molecule is CC(=O)c1cccc(C(=O)O)c1OCc1cccc(Br)c1. The summed E-state index contributed by atoms with van der Waals surface area (Å²) >= 11 is 3.36. The molecule has 0 aliphatic carbocycles. The molecular weight excluding hydrogens is 336 g/mol. The Morgan fingerprint density at radius 2 is 1.81 bits per heavy atom. The van der Waals surface area contributed by atoms with Gasteiger partial charge in [0, 0.05) is 4.47 Å². The second-order valence-electron chi connectivity index (χ2n) is 4.46. The first kappa shape index (κ1) is 15.3. The van der Waals surface area contributed by atoms with Crippen molar-refractivity contribution in [3.8, 4) is 5.75 Å². The van der Waals surface area contributed by atoms with Gasteiger partial charge in [-0.15, -0.1) is 0 Å². The maximum Gasteiger partial charge on any atom is 0.339 e. The summed E-state index contributed by atoms with van der Waals surface area (Å²) in [6.07, 6.45) is 0. The first-order valence-electron chi connectivity index (χ1n) is 6.23. The van der Waals surface area contributed by atoms with Gasteiger partial charge in [0.15, 0.2) is 5.78 Å². The van der Waals surface area contributed by atoms with E-state index in [4.69, 9.17) is 4.74 Å². The van der Waals surface area contributed by atoms with Crippen LogP contribution in [0.3, 0.4) is 0 Å². The molecule has 0 unspecified atom stereocenters. The fourth-order valence-electron chi connectivity index (χ4n) is 1.92. The smallest absolute Gasteiger partial charge is 0.339 e. The number of hydrogen-bond donors (Lipinski definition) is 1. The highest BCUT2D eigenvalue weighted by Gasteiger charge is 2.18. The first-order valence-corrected chi connectivity index (χ1v) is 7.03. The molecule has 2 aromatic carbocycles. The van der Waals surface area contributed by atoms with E-state index in [1.54, 1.807) is 6.07 Å². The summed E-state index contributed by atoms with van der Waals surface area (Å²) in [7, 11) is 0. The lowest BCUT2D eigenvalue weighted by molar-refractivity contribution is 0.0691. The zero-order chi connectivity index (χ0) is 15.4. The normalized spacial score (nSPS) is 10.2. The monoisotopic (exact) mass is 348 g/mol. The van der Waals surface area contributed by atoms with Crippen LogP contribution in [0.2, 0.25) is 0 Å². The van der Waals surface area contributed by atoms with Crippen LogP contribution in [0.5, 0.6) is 5.75 Å². The Morgan fingerprint density at radius 1 is 1.14 bits per heavy atom. The van der Waals surface area contributed by atoms with E-state index >= 15 is 0 Å². The average Bonchev–Trinajstić information content (AvgIpc) is 2.44. The number of carbonyl (C=O) groups excluding carboxylic acids is 1. The summed E-state index contributed by atoms with van der Waals surface area (Å²) in [6.45, 7) is 1.57. The van der Waals surface area contributed by atoms with Crippen LogP contribution in [-0.2, 0) is 6.61 Å². The highest BCUT2D eigenvalue weighted by atomic mass is 79.9. The van der Waals surface area contributed by atoms with Gasteiger partial charge in [-0.2, -0.15) is 0 Å². The third kappa shape index (κ3) is 3.70. The van der Waals surface area contributed by atoms with Gasteiger partial charge in [0.25, 0.3) is 0 Å². The number of carboxylic acid groups (broad SMARTS) is 1. The van der Waals surface area contributed by atoms with Gasteiger partial charge in [-0.25, -0.2) is 4.79 Å². The molecule has 0 heterocycles. The standard InChI is InChI=1S/C16H13BrO4/c1-10(18)13-6-3-7-14(16(19)20)15(13)21-9-11-4-2-5-12(17)8-11/h2-8H,9H2,1H3,(H,19,20). The highest BCUT2D eigenvalue weighted by molar-refractivity contribution is 9.10. The summed E-state index contributed by atoms with van der Waals surface area (Å²) in [4.78, 5) is 22.9. The van der Waals surface area contributed by atoms with E-state index < -0.39 is 5.97 Å². The van der Waals surface area contributed by atoms with E-state index in [1.165, 1.54) is 19.1 Å². The molecule has 4 nitrogen and oxygen atoms in total. The van der Waals surface area contributed by atoms with E-state index in [-0.39, 0.29) is 29.3 Å². The predicted molar refractivity (Wildman–Crippen MR) is 81.9 cm³/mol. The van der Waals surface area contributed by atoms with Gasteiger partial charge < -0.3 is 9.84 Å². The molecule has 1 N–H and O–H groups in total. The second kappa shape index (κ2) is 6.54. The molecule has 108 valence electrons. The van der Waals surface area contributed by atoms with Crippen LogP contribution in [0, 0.1) is 0 Å². The van der Waals surface area contributed by atoms with Gasteiger partial charge in [-0.3, -0.25) is 4.79 Å².